The summed E-state index contributed by atoms with van der Waals surface area (Å²) in [6.07, 6.45) is 5.46. The molecule has 0 saturated heterocycles. The highest BCUT2D eigenvalue weighted by molar-refractivity contribution is 5.97. The minimum Gasteiger partial charge on any atom is -0.487 e. The summed E-state index contributed by atoms with van der Waals surface area (Å²) in [6.45, 7) is 0.00985. The quantitative estimate of drug-likeness (QED) is 0.408. The molecule has 0 spiro atoms. The van der Waals surface area contributed by atoms with E-state index in [2.05, 4.69) is 15.1 Å². The number of nitrogens with zero attached hydrogens (tertiary/aromatic N) is 4. The van der Waals surface area contributed by atoms with Crippen molar-refractivity contribution in [2.45, 2.75) is 6.61 Å². The second kappa shape index (κ2) is 8.74. The Bertz CT molecular complexity index is 1500. The van der Waals surface area contributed by atoms with Gasteiger partial charge in [-0.2, -0.15) is 5.10 Å². The van der Waals surface area contributed by atoms with E-state index in [0.29, 0.717) is 22.3 Å². The van der Waals surface area contributed by atoms with E-state index in [1.54, 1.807) is 29.2 Å². The van der Waals surface area contributed by atoms with Crippen LogP contribution in [0, 0.1) is 5.82 Å². The molecule has 168 valence electrons. The van der Waals surface area contributed by atoms with Gasteiger partial charge in [0.1, 0.15) is 23.9 Å². The molecule has 2 aromatic carbocycles. The van der Waals surface area contributed by atoms with Crippen LogP contribution in [0.4, 0.5) is 4.39 Å². The predicted molar refractivity (Wildman–Crippen MR) is 126 cm³/mol. The second-order valence-electron chi connectivity index (χ2n) is 7.80. The molecule has 0 fully saturated rings. The number of pyridine rings is 2. The van der Waals surface area contributed by atoms with Crippen LogP contribution < -0.4 is 10.5 Å². The number of hydrogen-bond donors (Lipinski definition) is 1. The first kappa shape index (κ1) is 21.3. The van der Waals surface area contributed by atoms with Gasteiger partial charge in [0.2, 0.25) is 0 Å². The van der Waals surface area contributed by atoms with Gasteiger partial charge in [-0.15, -0.1) is 0 Å². The molecule has 3 heterocycles. The molecule has 0 radical (unpaired) electrons. The number of carbonyl (C=O) groups is 1. The lowest BCUT2D eigenvalue weighted by Gasteiger charge is -2.11. The molecular formula is C26H20FN5O2. The van der Waals surface area contributed by atoms with E-state index >= 15 is 0 Å². The zero-order chi connectivity index (χ0) is 23.7. The third kappa shape index (κ3) is 4.21. The summed E-state index contributed by atoms with van der Waals surface area (Å²) in [7, 11) is 1.88. The Kier molecular flexibility index (Phi) is 5.47. The standard InChI is InChI=1S/C26H20FN5O2/c1-32-14-22(16-8-10-29-11-9-16)25(31-32)17-3-6-20(7-4-17)34-15-24-21(26(28)33)12-18-2-5-19(27)13-23(18)30-24/h2-14H,15H2,1H3,(H2,28,33). The van der Waals surface area contributed by atoms with Crippen molar-refractivity contribution in [1.29, 1.82) is 0 Å². The maximum Gasteiger partial charge on any atom is 0.250 e. The number of ether oxygens (including phenoxy) is 1. The van der Waals surface area contributed by atoms with Crippen molar-refractivity contribution >= 4 is 16.8 Å². The Morgan fingerprint density at radius 1 is 1.03 bits per heavy atom. The summed E-state index contributed by atoms with van der Waals surface area (Å²) < 4.78 is 21.3. The Hall–Kier alpha value is -4.59. The summed E-state index contributed by atoms with van der Waals surface area (Å²) in [5.74, 6) is -0.442. The second-order valence-corrected chi connectivity index (χ2v) is 7.80. The average Bonchev–Trinajstić information content (AvgIpc) is 3.24. The van der Waals surface area contributed by atoms with Gasteiger partial charge in [-0.3, -0.25) is 14.5 Å². The van der Waals surface area contributed by atoms with Crippen molar-refractivity contribution in [3.8, 4) is 28.1 Å². The average molecular weight is 453 g/mol. The van der Waals surface area contributed by atoms with Crippen LogP contribution in [0.1, 0.15) is 16.1 Å². The van der Waals surface area contributed by atoms with Gasteiger partial charge in [0.25, 0.3) is 5.91 Å². The van der Waals surface area contributed by atoms with Crippen molar-refractivity contribution < 1.29 is 13.9 Å². The van der Waals surface area contributed by atoms with E-state index in [-0.39, 0.29) is 12.2 Å². The molecule has 0 aliphatic rings. The van der Waals surface area contributed by atoms with Crippen LogP contribution in [0.25, 0.3) is 33.3 Å². The molecule has 1 amide bonds. The lowest BCUT2D eigenvalue weighted by atomic mass is 10.0. The van der Waals surface area contributed by atoms with Crippen LogP contribution in [0.2, 0.25) is 0 Å². The number of hydrogen-bond acceptors (Lipinski definition) is 5. The molecule has 0 atom stereocenters. The van der Waals surface area contributed by atoms with E-state index in [1.807, 2.05) is 49.6 Å². The number of rotatable bonds is 6. The van der Waals surface area contributed by atoms with Gasteiger partial charge in [-0.1, -0.05) is 0 Å². The van der Waals surface area contributed by atoms with E-state index < -0.39 is 11.7 Å². The summed E-state index contributed by atoms with van der Waals surface area (Å²) in [6, 6.07) is 17.2. The van der Waals surface area contributed by atoms with Crippen LogP contribution in [0.15, 0.2) is 79.3 Å². The van der Waals surface area contributed by atoms with E-state index in [0.717, 1.165) is 22.4 Å². The number of benzene rings is 2. The number of aryl methyl sites for hydroxylation is 1. The fourth-order valence-corrected chi connectivity index (χ4v) is 3.81. The molecular weight excluding hydrogens is 433 g/mol. The number of fused-ring (bicyclic) bond motifs is 1. The molecule has 5 aromatic rings. The van der Waals surface area contributed by atoms with Crippen LogP contribution in [-0.4, -0.2) is 25.7 Å². The number of halogens is 1. The highest BCUT2D eigenvalue weighted by Gasteiger charge is 2.15. The fourth-order valence-electron chi connectivity index (χ4n) is 3.81. The minimum absolute atomic E-state index is 0.00985. The number of carbonyl (C=O) groups excluding carboxylic acids is 1. The van der Waals surface area contributed by atoms with Gasteiger partial charge in [-0.25, -0.2) is 9.37 Å². The smallest absolute Gasteiger partial charge is 0.250 e. The summed E-state index contributed by atoms with van der Waals surface area (Å²) >= 11 is 0. The predicted octanol–water partition coefficient (Wildman–Crippen LogP) is 4.51. The van der Waals surface area contributed by atoms with Crippen LogP contribution >= 0.6 is 0 Å². The zero-order valence-electron chi connectivity index (χ0n) is 18.3. The molecule has 34 heavy (non-hydrogen) atoms. The lowest BCUT2D eigenvalue weighted by Crippen LogP contribution is -2.16. The van der Waals surface area contributed by atoms with Gasteiger partial charge < -0.3 is 10.5 Å². The first-order valence-corrected chi connectivity index (χ1v) is 10.5. The van der Waals surface area contributed by atoms with Gasteiger partial charge in [0, 0.05) is 48.2 Å². The van der Waals surface area contributed by atoms with Crippen LogP contribution in [0.3, 0.4) is 0 Å². The molecule has 7 nitrogen and oxygen atoms in total. The number of amides is 1. The third-order valence-electron chi connectivity index (χ3n) is 5.45. The molecule has 0 unspecified atom stereocenters. The normalized spacial score (nSPS) is 11.0. The van der Waals surface area contributed by atoms with Crippen molar-refractivity contribution in [1.82, 2.24) is 19.7 Å². The minimum atomic E-state index is -0.619. The molecule has 8 heteroatoms. The number of primary amides is 1. The first-order chi connectivity index (χ1) is 16.5. The molecule has 3 aromatic heterocycles. The Morgan fingerprint density at radius 2 is 1.79 bits per heavy atom. The zero-order valence-corrected chi connectivity index (χ0v) is 18.3. The highest BCUT2D eigenvalue weighted by atomic mass is 19.1. The van der Waals surface area contributed by atoms with Gasteiger partial charge in [0.15, 0.2) is 0 Å². The van der Waals surface area contributed by atoms with Crippen LogP contribution in [-0.2, 0) is 13.7 Å². The third-order valence-corrected chi connectivity index (χ3v) is 5.45. The topological polar surface area (TPSA) is 95.9 Å². The van der Waals surface area contributed by atoms with Crippen molar-refractivity contribution in [2.24, 2.45) is 12.8 Å². The summed E-state index contributed by atoms with van der Waals surface area (Å²) in [5, 5.41) is 5.24. The molecule has 0 aliphatic carbocycles. The van der Waals surface area contributed by atoms with Crippen LogP contribution in [0.5, 0.6) is 5.75 Å². The van der Waals surface area contributed by atoms with Crippen molar-refractivity contribution in [3.63, 3.8) is 0 Å². The molecule has 0 aliphatic heterocycles. The molecule has 0 bridgehead atoms. The fraction of sp³-hybridized carbons (Fsp3) is 0.0769. The highest BCUT2D eigenvalue weighted by Crippen LogP contribution is 2.31. The number of nitrogens with two attached hydrogens (primary N) is 1. The number of aromatic nitrogens is 4. The summed E-state index contributed by atoms with van der Waals surface area (Å²) in [5.41, 5.74) is 10.3. The van der Waals surface area contributed by atoms with Gasteiger partial charge in [-0.05, 0) is 60.2 Å². The van der Waals surface area contributed by atoms with Crippen molar-refractivity contribution in [3.05, 3.63) is 96.3 Å². The van der Waals surface area contributed by atoms with E-state index in [4.69, 9.17) is 10.5 Å². The Morgan fingerprint density at radius 3 is 2.53 bits per heavy atom. The van der Waals surface area contributed by atoms with Gasteiger partial charge >= 0.3 is 0 Å². The SMILES string of the molecule is Cn1cc(-c2ccncc2)c(-c2ccc(OCc3nc4cc(F)ccc4cc3C(N)=O)cc2)n1. The summed E-state index contributed by atoms with van der Waals surface area (Å²) in [4.78, 5) is 20.4. The van der Waals surface area contributed by atoms with E-state index in [9.17, 15) is 9.18 Å². The molecule has 5 rings (SSSR count). The lowest BCUT2D eigenvalue weighted by molar-refractivity contribution is 0.0997. The molecule has 2 N–H and O–H groups in total. The largest absolute Gasteiger partial charge is 0.487 e. The maximum atomic E-state index is 13.6. The Labute approximate surface area is 194 Å². The molecule has 0 saturated carbocycles. The van der Waals surface area contributed by atoms with E-state index in [1.165, 1.54) is 12.1 Å². The Balaban J connectivity index is 1.40. The van der Waals surface area contributed by atoms with Crippen molar-refractivity contribution in [2.75, 3.05) is 0 Å². The van der Waals surface area contributed by atoms with Gasteiger partial charge in [0.05, 0.1) is 16.8 Å². The monoisotopic (exact) mass is 453 g/mol. The first-order valence-electron chi connectivity index (χ1n) is 10.5. The maximum absolute atomic E-state index is 13.6.